The number of aromatic nitrogens is 4. The second-order valence-corrected chi connectivity index (χ2v) is 17.2. The summed E-state index contributed by atoms with van der Waals surface area (Å²) in [5.74, 6) is 1.92. The molecule has 0 amide bonds. The van der Waals surface area contributed by atoms with E-state index in [4.69, 9.17) is 15.0 Å². The molecule has 0 bridgehead atoms. The minimum atomic E-state index is 0.633. The topological polar surface area (TPSA) is 43.6 Å². The molecule has 0 aliphatic carbocycles. The van der Waals surface area contributed by atoms with Crippen LogP contribution < -0.4 is 0 Å². The summed E-state index contributed by atoms with van der Waals surface area (Å²) >= 11 is 0. The maximum absolute atomic E-state index is 5.04. The summed E-state index contributed by atoms with van der Waals surface area (Å²) in [6.07, 6.45) is 0. The predicted molar refractivity (Wildman–Crippen MR) is 279 cm³/mol. The highest BCUT2D eigenvalue weighted by Crippen LogP contribution is 2.43. The number of rotatable bonds is 7. The minimum absolute atomic E-state index is 0.633. The van der Waals surface area contributed by atoms with Gasteiger partial charge >= 0.3 is 0 Å². The molecule has 0 saturated heterocycles. The van der Waals surface area contributed by atoms with Gasteiger partial charge in [-0.25, -0.2) is 15.0 Å². The first-order valence-electron chi connectivity index (χ1n) is 22.8. The zero-order valence-electron chi connectivity index (χ0n) is 36.4. The zero-order chi connectivity index (χ0) is 44.3. The highest BCUT2D eigenvalue weighted by Gasteiger charge is 2.18. The molecule has 312 valence electrons. The molecule has 4 nitrogen and oxygen atoms in total. The summed E-state index contributed by atoms with van der Waals surface area (Å²) in [5.41, 5.74) is 13.3. The molecule has 0 radical (unpaired) electrons. The molecule has 0 unspecified atom stereocenters. The Kier molecular flexibility index (Phi) is 9.14. The van der Waals surface area contributed by atoms with Gasteiger partial charge in [-0.05, 0) is 108 Å². The first-order valence-corrected chi connectivity index (χ1v) is 22.8. The van der Waals surface area contributed by atoms with E-state index in [1.165, 1.54) is 70.8 Å². The summed E-state index contributed by atoms with van der Waals surface area (Å²) in [6.45, 7) is 0. The predicted octanol–water partition coefficient (Wildman–Crippen LogP) is 16.4. The molecule has 0 spiro atoms. The van der Waals surface area contributed by atoms with Crippen molar-refractivity contribution in [2.24, 2.45) is 0 Å². The lowest BCUT2D eigenvalue weighted by molar-refractivity contribution is 1.07. The lowest BCUT2D eigenvalue weighted by atomic mass is 9.88. The highest BCUT2D eigenvalue weighted by molar-refractivity contribution is 6.29. The Labute approximate surface area is 387 Å². The summed E-state index contributed by atoms with van der Waals surface area (Å²) in [6, 6.07) is 86.8. The van der Waals surface area contributed by atoms with Gasteiger partial charge in [0.25, 0.3) is 0 Å². The smallest absolute Gasteiger partial charge is 0.164 e. The van der Waals surface area contributed by atoms with Gasteiger partial charge in [0.1, 0.15) is 0 Å². The Hall–Kier alpha value is -8.99. The van der Waals surface area contributed by atoms with Crippen LogP contribution in [0.4, 0.5) is 0 Å². The third kappa shape index (κ3) is 6.65. The van der Waals surface area contributed by atoms with Crippen molar-refractivity contribution in [3.63, 3.8) is 0 Å². The Balaban J connectivity index is 0.970. The van der Waals surface area contributed by atoms with Gasteiger partial charge in [0.2, 0.25) is 0 Å². The quantitative estimate of drug-likeness (QED) is 0.150. The van der Waals surface area contributed by atoms with Crippen molar-refractivity contribution in [3.8, 4) is 73.2 Å². The summed E-state index contributed by atoms with van der Waals surface area (Å²) < 4.78 is 2.44. The minimum Gasteiger partial charge on any atom is -0.309 e. The average molecular weight is 853 g/mol. The fraction of sp³-hybridized carbons (Fsp3) is 0. The van der Waals surface area contributed by atoms with E-state index >= 15 is 0 Å². The van der Waals surface area contributed by atoms with E-state index in [0.29, 0.717) is 17.5 Å². The van der Waals surface area contributed by atoms with Crippen LogP contribution >= 0.6 is 0 Å². The van der Waals surface area contributed by atoms with Crippen molar-refractivity contribution in [1.29, 1.82) is 0 Å². The van der Waals surface area contributed by atoms with Gasteiger partial charge in [0, 0.05) is 33.2 Å². The Morgan fingerprint density at radius 2 is 0.701 bits per heavy atom. The molecule has 2 aromatic heterocycles. The molecule has 13 aromatic rings. The fourth-order valence-electron chi connectivity index (χ4n) is 10.1. The van der Waals surface area contributed by atoms with Crippen molar-refractivity contribution in [3.05, 3.63) is 243 Å². The van der Waals surface area contributed by atoms with Gasteiger partial charge in [0.05, 0.1) is 11.0 Å². The molecule has 0 N–H and O–H groups in total. The second-order valence-electron chi connectivity index (χ2n) is 17.2. The van der Waals surface area contributed by atoms with Gasteiger partial charge < -0.3 is 4.57 Å². The fourth-order valence-corrected chi connectivity index (χ4v) is 10.1. The summed E-state index contributed by atoms with van der Waals surface area (Å²) in [5, 5.41) is 9.90. The van der Waals surface area contributed by atoms with Crippen LogP contribution in [0.1, 0.15) is 0 Å². The molecule has 0 aliphatic heterocycles. The van der Waals surface area contributed by atoms with Crippen LogP contribution in [-0.2, 0) is 0 Å². The van der Waals surface area contributed by atoms with Gasteiger partial charge in [-0.3, -0.25) is 0 Å². The first kappa shape index (κ1) is 38.5. The lowest BCUT2D eigenvalue weighted by Crippen LogP contribution is -2.00. The zero-order valence-corrected chi connectivity index (χ0v) is 36.4. The van der Waals surface area contributed by atoms with Crippen LogP contribution in [0.25, 0.3) is 127 Å². The van der Waals surface area contributed by atoms with E-state index in [0.717, 1.165) is 39.1 Å². The van der Waals surface area contributed by atoms with Crippen molar-refractivity contribution < 1.29 is 0 Å². The van der Waals surface area contributed by atoms with Crippen LogP contribution in [0.5, 0.6) is 0 Å². The van der Waals surface area contributed by atoms with Crippen LogP contribution in [0.3, 0.4) is 0 Å². The van der Waals surface area contributed by atoms with Crippen LogP contribution in [0, 0.1) is 0 Å². The molecule has 0 aliphatic rings. The molecule has 0 saturated carbocycles. The number of nitrogens with zero attached hydrogens (tertiary/aromatic N) is 4. The third-order valence-electron chi connectivity index (χ3n) is 13.2. The van der Waals surface area contributed by atoms with Gasteiger partial charge in [-0.2, -0.15) is 0 Å². The van der Waals surface area contributed by atoms with Gasteiger partial charge in [-0.1, -0.05) is 200 Å². The lowest BCUT2D eigenvalue weighted by Gasteiger charge is -2.17. The molecular weight excluding hydrogens is 813 g/mol. The van der Waals surface area contributed by atoms with E-state index in [1.807, 2.05) is 60.7 Å². The van der Waals surface area contributed by atoms with E-state index in [-0.39, 0.29) is 0 Å². The van der Waals surface area contributed by atoms with Crippen molar-refractivity contribution >= 4 is 54.1 Å². The Morgan fingerprint density at radius 3 is 1.39 bits per heavy atom. The SMILES string of the molecule is c1ccc(-c2ccc3c(c2)c2ccccc2n3-c2ccc3c4ccccc4c4cccc(-c5cccc(-c6cccc(-c7nc(-c8ccccc8)nc(-c8ccccc8)n7)c6)c5)c4c3c2)cc1. The van der Waals surface area contributed by atoms with E-state index in [1.54, 1.807) is 0 Å². The molecule has 0 atom stereocenters. The standard InChI is InChI=1S/C63H40N4/c1-4-17-41(18-5-1)46-33-36-59-56(39-46)54-29-12-13-32-58(54)67(59)49-34-35-53-51-27-10-11-28-52(51)55-31-16-30-50(60(55)57(53)40-49)47-25-14-23-44(37-47)45-24-15-26-48(38-45)63-65-61(42-19-6-2-7-20-42)64-62(66-63)43-21-8-3-9-22-43/h1-40H. The van der Waals surface area contributed by atoms with Gasteiger partial charge in [0.15, 0.2) is 17.5 Å². The molecule has 11 aromatic carbocycles. The highest BCUT2D eigenvalue weighted by atomic mass is 15.0. The van der Waals surface area contributed by atoms with Crippen molar-refractivity contribution in [1.82, 2.24) is 19.5 Å². The van der Waals surface area contributed by atoms with Crippen molar-refractivity contribution in [2.75, 3.05) is 0 Å². The van der Waals surface area contributed by atoms with Crippen LogP contribution in [0.15, 0.2) is 243 Å². The van der Waals surface area contributed by atoms with Crippen LogP contribution in [0.2, 0.25) is 0 Å². The van der Waals surface area contributed by atoms with Crippen LogP contribution in [-0.4, -0.2) is 19.5 Å². The second kappa shape index (κ2) is 15.9. The van der Waals surface area contributed by atoms with E-state index < -0.39 is 0 Å². The van der Waals surface area contributed by atoms with E-state index in [9.17, 15) is 0 Å². The summed E-state index contributed by atoms with van der Waals surface area (Å²) in [7, 11) is 0. The van der Waals surface area contributed by atoms with Crippen molar-refractivity contribution in [2.45, 2.75) is 0 Å². The molecule has 67 heavy (non-hydrogen) atoms. The normalized spacial score (nSPS) is 11.6. The molecule has 4 heteroatoms. The molecule has 13 rings (SSSR count). The van der Waals surface area contributed by atoms with Gasteiger partial charge in [-0.15, -0.1) is 0 Å². The number of fused-ring (bicyclic) bond motifs is 9. The Bertz CT molecular complexity index is 3970. The molecule has 0 fully saturated rings. The monoisotopic (exact) mass is 852 g/mol. The molecule has 2 heterocycles. The summed E-state index contributed by atoms with van der Waals surface area (Å²) in [4.78, 5) is 15.0. The number of hydrogen-bond donors (Lipinski definition) is 0. The third-order valence-corrected chi connectivity index (χ3v) is 13.2. The Morgan fingerprint density at radius 1 is 0.239 bits per heavy atom. The number of benzene rings is 11. The molecular formula is C63H40N4. The van der Waals surface area contributed by atoms with E-state index in [2.05, 4.69) is 187 Å². The number of para-hydroxylation sites is 1. The first-order chi connectivity index (χ1) is 33.2. The average Bonchev–Trinajstić information content (AvgIpc) is 3.75. The number of hydrogen-bond acceptors (Lipinski definition) is 3. The maximum atomic E-state index is 5.04. The largest absolute Gasteiger partial charge is 0.309 e. The maximum Gasteiger partial charge on any atom is 0.164 e.